The number of carboxylic acid groups (broad SMARTS) is 1. The summed E-state index contributed by atoms with van der Waals surface area (Å²) in [5.74, 6) is 0.963. The maximum Gasteiger partial charge on any atom is 0.337 e. The van der Waals surface area contributed by atoms with Crippen LogP contribution in [0.15, 0.2) is 53.8 Å². The molecule has 164 valence electrons. The van der Waals surface area contributed by atoms with Crippen LogP contribution in [-0.2, 0) is 0 Å². The molecule has 3 aromatic heterocycles. The largest absolute Gasteiger partial charge is 0.478 e. The molecule has 3 N–H and O–H groups in total. The van der Waals surface area contributed by atoms with Gasteiger partial charge in [0.2, 0.25) is 5.95 Å². The predicted molar refractivity (Wildman–Crippen MR) is 119 cm³/mol. The first kappa shape index (κ1) is 20.2. The fraction of sp³-hybridized carbons (Fsp3) is 0.348. The average Bonchev–Trinajstić information content (AvgIpc) is 3.56. The van der Waals surface area contributed by atoms with Crippen LogP contribution in [-0.4, -0.2) is 42.7 Å². The van der Waals surface area contributed by atoms with Crippen molar-refractivity contribution in [2.45, 2.75) is 50.1 Å². The summed E-state index contributed by atoms with van der Waals surface area (Å²) in [6.45, 7) is 0. The highest BCUT2D eigenvalue weighted by atomic mass is 16.4. The Morgan fingerprint density at radius 3 is 2.34 bits per heavy atom. The van der Waals surface area contributed by atoms with Crippen molar-refractivity contribution in [3.63, 3.8) is 0 Å². The normalized spacial score (nSPS) is 20.1. The minimum Gasteiger partial charge on any atom is -0.478 e. The van der Waals surface area contributed by atoms with Gasteiger partial charge in [0.1, 0.15) is 5.82 Å². The highest BCUT2D eigenvalue weighted by Crippen LogP contribution is 2.39. The van der Waals surface area contributed by atoms with E-state index in [1.807, 2.05) is 12.4 Å². The molecule has 9 heteroatoms. The van der Waals surface area contributed by atoms with Gasteiger partial charge in [0.15, 0.2) is 0 Å². The number of hydrogen-bond acceptors (Lipinski definition) is 7. The molecule has 0 bridgehead atoms. The van der Waals surface area contributed by atoms with E-state index in [0.29, 0.717) is 29.4 Å². The van der Waals surface area contributed by atoms with Crippen LogP contribution in [0.4, 0.5) is 11.8 Å². The molecule has 0 amide bonds. The molecule has 0 aliphatic heterocycles. The molecule has 32 heavy (non-hydrogen) atoms. The molecule has 0 radical (unpaired) electrons. The number of hydrogen-bond donors (Lipinski definition) is 3. The first-order valence-corrected chi connectivity index (χ1v) is 10.8. The van der Waals surface area contributed by atoms with E-state index in [2.05, 4.69) is 25.6 Å². The highest BCUT2D eigenvalue weighted by Gasteiger charge is 2.26. The summed E-state index contributed by atoms with van der Waals surface area (Å²) in [6.07, 6.45) is 12.2. The number of anilines is 2. The summed E-state index contributed by atoms with van der Waals surface area (Å²) in [4.78, 5) is 36.6. The van der Waals surface area contributed by atoms with Crippen LogP contribution in [0.1, 0.15) is 53.9 Å². The number of aromatic carboxylic acids is 1. The second-order valence-corrected chi connectivity index (χ2v) is 8.44. The van der Waals surface area contributed by atoms with Crippen LogP contribution in [0.2, 0.25) is 0 Å². The topological polar surface area (TPSA) is 122 Å². The molecule has 9 nitrogen and oxygen atoms in total. The van der Waals surface area contributed by atoms with Gasteiger partial charge in [0.25, 0.3) is 5.56 Å². The zero-order chi connectivity index (χ0) is 22.1. The van der Waals surface area contributed by atoms with Crippen LogP contribution < -0.4 is 16.2 Å². The first-order valence-electron chi connectivity index (χ1n) is 10.8. The molecule has 2 fully saturated rings. The van der Waals surface area contributed by atoms with Gasteiger partial charge in [-0.2, -0.15) is 0 Å². The number of rotatable bonds is 7. The Kier molecular flexibility index (Phi) is 5.30. The van der Waals surface area contributed by atoms with Gasteiger partial charge in [-0.05, 0) is 61.8 Å². The van der Waals surface area contributed by atoms with Crippen molar-refractivity contribution in [2.24, 2.45) is 0 Å². The van der Waals surface area contributed by atoms with Crippen LogP contribution >= 0.6 is 0 Å². The second-order valence-electron chi connectivity index (χ2n) is 8.44. The minimum absolute atomic E-state index is 0.0439. The number of aromatic nitrogens is 4. The molecule has 2 saturated carbocycles. The first-order chi connectivity index (χ1) is 15.5. The van der Waals surface area contributed by atoms with E-state index in [1.54, 1.807) is 18.3 Å². The van der Waals surface area contributed by atoms with Crippen LogP contribution in [0.25, 0.3) is 5.69 Å². The molecule has 0 unspecified atom stereocenters. The van der Waals surface area contributed by atoms with Crippen LogP contribution in [0.3, 0.4) is 0 Å². The van der Waals surface area contributed by atoms with Gasteiger partial charge in [-0.15, -0.1) is 0 Å². The van der Waals surface area contributed by atoms with E-state index in [-0.39, 0.29) is 17.2 Å². The van der Waals surface area contributed by atoms with E-state index < -0.39 is 5.97 Å². The molecule has 0 saturated heterocycles. The summed E-state index contributed by atoms with van der Waals surface area (Å²) in [5, 5.41) is 16.0. The summed E-state index contributed by atoms with van der Waals surface area (Å²) in [5.41, 5.74) is 1.48. The van der Waals surface area contributed by atoms with Crippen molar-refractivity contribution in [1.82, 2.24) is 19.5 Å². The lowest BCUT2D eigenvalue weighted by atomic mass is 10.2. The number of pyridine rings is 2. The maximum absolute atomic E-state index is 12.1. The molecule has 3 aromatic rings. The molecule has 3 heterocycles. The van der Waals surface area contributed by atoms with Crippen molar-refractivity contribution in [2.75, 3.05) is 10.6 Å². The minimum atomic E-state index is -1.08. The maximum atomic E-state index is 12.1. The third-order valence-corrected chi connectivity index (χ3v) is 6.02. The van der Waals surface area contributed by atoms with E-state index in [0.717, 1.165) is 19.3 Å². The fourth-order valence-electron chi connectivity index (χ4n) is 4.10. The molecule has 5 rings (SSSR count). The number of carbonyl (C=O) groups is 1. The Bertz CT molecular complexity index is 1170. The number of nitrogens with one attached hydrogen (secondary N) is 2. The van der Waals surface area contributed by atoms with Gasteiger partial charge < -0.3 is 15.7 Å². The van der Waals surface area contributed by atoms with Crippen LogP contribution in [0.5, 0.6) is 0 Å². The summed E-state index contributed by atoms with van der Waals surface area (Å²) in [6, 6.07) is 6.66. The van der Waals surface area contributed by atoms with Crippen molar-refractivity contribution in [3.8, 4) is 5.69 Å². The zero-order valence-corrected chi connectivity index (χ0v) is 17.4. The lowest BCUT2D eigenvalue weighted by molar-refractivity contribution is 0.0696. The van der Waals surface area contributed by atoms with Gasteiger partial charge in [-0.3, -0.25) is 9.36 Å². The lowest BCUT2D eigenvalue weighted by Crippen LogP contribution is -2.22. The smallest absolute Gasteiger partial charge is 0.337 e. The van der Waals surface area contributed by atoms with Crippen molar-refractivity contribution in [1.29, 1.82) is 0 Å². The zero-order valence-electron chi connectivity index (χ0n) is 17.4. The second kappa shape index (κ2) is 8.41. The third-order valence-electron chi connectivity index (χ3n) is 6.02. The summed E-state index contributed by atoms with van der Waals surface area (Å²) >= 11 is 0. The summed E-state index contributed by atoms with van der Waals surface area (Å²) < 4.78 is 1.28. The molecule has 2 atom stereocenters. The van der Waals surface area contributed by atoms with Gasteiger partial charge >= 0.3 is 5.97 Å². The molecule has 0 spiro atoms. The van der Waals surface area contributed by atoms with Crippen molar-refractivity contribution in [3.05, 3.63) is 70.5 Å². The molecule has 2 aliphatic carbocycles. The Hall–Kier alpha value is -3.75. The van der Waals surface area contributed by atoms with Crippen molar-refractivity contribution < 1.29 is 9.90 Å². The van der Waals surface area contributed by atoms with Gasteiger partial charge in [-0.1, -0.05) is 0 Å². The Morgan fingerprint density at radius 1 is 0.938 bits per heavy atom. The Morgan fingerprint density at radius 2 is 1.69 bits per heavy atom. The predicted octanol–water partition coefficient (Wildman–Crippen LogP) is 3.04. The van der Waals surface area contributed by atoms with Crippen molar-refractivity contribution >= 4 is 17.7 Å². The molecule has 0 aromatic carbocycles. The highest BCUT2D eigenvalue weighted by molar-refractivity contribution is 5.87. The van der Waals surface area contributed by atoms with Gasteiger partial charge in [0.05, 0.1) is 17.4 Å². The average molecular weight is 432 g/mol. The third kappa shape index (κ3) is 4.46. The number of nitrogens with zero attached hydrogens (tertiary/aromatic N) is 4. The standard InChI is InChI=1S/C23H24N6O3/c30-21-8-3-15(22(31)32)13-29(21)19-6-7-20(24-12-19)27-17-4-5-18(9-17)28-23-25-10-16(11-26-23)14-1-2-14/h3,6-8,10-14,17-18H,1-2,4-5,9H2,(H,24,27)(H,31,32)(H,25,26,28)/t17-,18-/m0/s1. The number of carboxylic acids is 1. The SMILES string of the molecule is O=C(O)c1ccc(=O)n(-c2ccc(N[C@H]3CC[C@H](Nc4ncc(C5CC5)cn4)C3)nc2)c1. The van der Waals surface area contributed by atoms with E-state index in [4.69, 9.17) is 5.11 Å². The fourth-order valence-corrected chi connectivity index (χ4v) is 4.10. The van der Waals surface area contributed by atoms with Gasteiger partial charge in [0, 0.05) is 36.7 Å². The summed E-state index contributed by atoms with van der Waals surface area (Å²) in [7, 11) is 0. The van der Waals surface area contributed by atoms with Crippen LogP contribution in [0, 0.1) is 0 Å². The molecule has 2 aliphatic rings. The monoisotopic (exact) mass is 432 g/mol. The van der Waals surface area contributed by atoms with E-state index >= 15 is 0 Å². The molecular weight excluding hydrogens is 408 g/mol. The lowest BCUT2D eigenvalue weighted by Gasteiger charge is -2.15. The van der Waals surface area contributed by atoms with E-state index in [1.165, 1.54) is 41.3 Å². The Labute approximate surface area is 184 Å². The van der Waals surface area contributed by atoms with Gasteiger partial charge in [-0.25, -0.2) is 19.7 Å². The molecular formula is C23H24N6O3. The van der Waals surface area contributed by atoms with E-state index in [9.17, 15) is 9.59 Å². The Balaban J connectivity index is 1.19. The quantitative estimate of drug-likeness (QED) is 0.521.